The van der Waals surface area contributed by atoms with Gasteiger partial charge in [-0.3, -0.25) is 4.90 Å². The van der Waals surface area contributed by atoms with Crippen molar-refractivity contribution in [3.05, 3.63) is 35.9 Å². The van der Waals surface area contributed by atoms with E-state index in [2.05, 4.69) is 29.3 Å². The molecule has 0 spiro atoms. The van der Waals surface area contributed by atoms with Crippen molar-refractivity contribution in [2.45, 2.75) is 12.5 Å². The Labute approximate surface area is 115 Å². The van der Waals surface area contributed by atoms with Crippen LogP contribution in [0.3, 0.4) is 0 Å². The number of aliphatic hydroxyl groups excluding tert-OH is 1. The summed E-state index contributed by atoms with van der Waals surface area (Å²) in [6.45, 7) is 7.24. The largest absolute Gasteiger partial charge is 0.394 e. The maximum Gasteiger partial charge on any atom is 0.0797 e. The fraction of sp³-hybridized carbons (Fsp3) is 0.600. The van der Waals surface area contributed by atoms with Crippen LogP contribution in [0.1, 0.15) is 12.5 Å². The lowest BCUT2D eigenvalue weighted by Crippen LogP contribution is -2.55. The Balaban J connectivity index is 2.18. The number of ether oxygens (including phenoxy) is 1. The third-order valence-corrected chi connectivity index (χ3v) is 3.71. The van der Waals surface area contributed by atoms with Gasteiger partial charge in [-0.1, -0.05) is 37.3 Å². The lowest BCUT2D eigenvalue weighted by Gasteiger charge is -2.39. The molecule has 106 valence electrons. The first-order chi connectivity index (χ1) is 9.30. The molecular weight excluding hydrogens is 240 g/mol. The van der Waals surface area contributed by atoms with Crippen LogP contribution in [0.15, 0.2) is 30.3 Å². The van der Waals surface area contributed by atoms with Gasteiger partial charge in [0.05, 0.1) is 25.4 Å². The van der Waals surface area contributed by atoms with E-state index in [1.54, 1.807) is 0 Å². The van der Waals surface area contributed by atoms with E-state index in [-0.39, 0.29) is 12.1 Å². The van der Waals surface area contributed by atoms with Crippen molar-refractivity contribution < 1.29 is 9.84 Å². The van der Waals surface area contributed by atoms with Gasteiger partial charge in [-0.05, 0) is 12.1 Å². The van der Waals surface area contributed by atoms with E-state index < -0.39 is 0 Å². The number of aliphatic hydroxyl groups is 1. The molecule has 4 heteroatoms. The first-order valence-corrected chi connectivity index (χ1v) is 7.02. The van der Waals surface area contributed by atoms with Gasteiger partial charge >= 0.3 is 0 Å². The summed E-state index contributed by atoms with van der Waals surface area (Å²) in [7, 11) is 0. The highest BCUT2D eigenvalue weighted by atomic mass is 16.5. The number of hydrogen-bond acceptors (Lipinski definition) is 4. The van der Waals surface area contributed by atoms with Crippen molar-refractivity contribution in [1.29, 1.82) is 0 Å². The highest BCUT2D eigenvalue weighted by molar-refractivity contribution is 5.25. The van der Waals surface area contributed by atoms with Crippen LogP contribution in [-0.2, 0) is 10.3 Å². The number of rotatable bonds is 6. The molecule has 1 aromatic rings. The zero-order valence-corrected chi connectivity index (χ0v) is 11.6. The maximum atomic E-state index is 9.97. The number of nitrogens with zero attached hydrogens (tertiary/aromatic N) is 1. The maximum absolute atomic E-state index is 9.97. The Bertz CT molecular complexity index is 366. The molecule has 0 amide bonds. The Morgan fingerprint density at radius 2 is 1.95 bits per heavy atom. The van der Waals surface area contributed by atoms with Gasteiger partial charge in [0, 0.05) is 19.6 Å². The zero-order valence-electron chi connectivity index (χ0n) is 11.6. The molecule has 2 rings (SSSR count). The molecule has 1 saturated heterocycles. The van der Waals surface area contributed by atoms with E-state index in [0.29, 0.717) is 0 Å². The van der Waals surface area contributed by atoms with E-state index in [0.717, 1.165) is 45.0 Å². The van der Waals surface area contributed by atoms with Gasteiger partial charge in [0.1, 0.15) is 0 Å². The molecule has 2 N–H and O–H groups in total. The van der Waals surface area contributed by atoms with Crippen molar-refractivity contribution in [3.8, 4) is 0 Å². The number of morpholine rings is 1. The summed E-state index contributed by atoms with van der Waals surface area (Å²) in [6, 6.07) is 10.2. The highest BCUT2D eigenvalue weighted by Gasteiger charge is 2.33. The van der Waals surface area contributed by atoms with E-state index in [1.807, 2.05) is 18.2 Å². The van der Waals surface area contributed by atoms with E-state index in [4.69, 9.17) is 4.74 Å². The molecule has 1 aromatic carbocycles. The van der Waals surface area contributed by atoms with E-state index >= 15 is 0 Å². The second-order valence-electron chi connectivity index (χ2n) is 5.03. The minimum absolute atomic E-state index is 0.0994. The molecule has 0 bridgehead atoms. The predicted molar refractivity (Wildman–Crippen MR) is 76.1 cm³/mol. The van der Waals surface area contributed by atoms with Gasteiger partial charge in [-0.25, -0.2) is 0 Å². The van der Waals surface area contributed by atoms with Gasteiger partial charge < -0.3 is 15.2 Å². The predicted octanol–water partition coefficient (Wildman–Crippen LogP) is 0.816. The van der Waals surface area contributed by atoms with Crippen molar-refractivity contribution in [3.63, 3.8) is 0 Å². The summed E-state index contributed by atoms with van der Waals surface area (Å²) >= 11 is 0. The van der Waals surface area contributed by atoms with Crippen LogP contribution in [0.2, 0.25) is 0 Å². The standard InChI is InChI=1S/C15H24N2O2/c1-2-16-15(13-18,14-6-4-3-5-7-14)12-17-8-10-19-11-9-17/h3-7,16,18H,2,8-13H2,1H3. The Morgan fingerprint density at radius 3 is 2.53 bits per heavy atom. The molecule has 0 radical (unpaired) electrons. The number of likely N-dealkylation sites (N-methyl/N-ethyl adjacent to an activating group) is 1. The molecule has 1 aliphatic rings. The van der Waals surface area contributed by atoms with Crippen molar-refractivity contribution in [2.24, 2.45) is 0 Å². The van der Waals surface area contributed by atoms with Gasteiger partial charge in [0.25, 0.3) is 0 Å². The van der Waals surface area contributed by atoms with Crippen molar-refractivity contribution in [2.75, 3.05) is 46.0 Å². The molecule has 1 aliphatic heterocycles. The van der Waals surface area contributed by atoms with Crippen LogP contribution in [-0.4, -0.2) is 56.0 Å². The fourth-order valence-electron chi connectivity index (χ4n) is 2.68. The lowest BCUT2D eigenvalue weighted by molar-refractivity contribution is 0.0135. The van der Waals surface area contributed by atoms with Crippen molar-refractivity contribution >= 4 is 0 Å². The molecule has 1 fully saturated rings. The smallest absolute Gasteiger partial charge is 0.0797 e. The molecule has 19 heavy (non-hydrogen) atoms. The summed E-state index contributed by atoms with van der Waals surface area (Å²) in [5.41, 5.74) is 0.763. The summed E-state index contributed by atoms with van der Waals surface area (Å²) in [5, 5.41) is 13.4. The van der Waals surface area contributed by atoms with Crippen LogP contribution in [0.25, 0.3) is 0 Å². The fourth-order valence-corrected chi connectivity index (χ4v) is 2.68. The van der Waals surface area contributed by atoms with Gasteiger partial charge in [-0.2, -0.15) is 0 Å². The first-order valence-electron chi connectivity index (χ1n) is 7.02. The van der Waals surface area contributed by atoms with Crippen LogP contribution >= 0.6 is 0 Å². The van der Waals surface area contributed by atoms with E-state index in [1.165, 1.54) is 0 Å². The van der Waals surface area contributed by atoms with Crippen LogP contribution < -0.4 is 5.32 Å². The average Bonchev–Trinajstić information content (AvgIpc) is 2.49. The summed E-state index contributed by atoms with van der Waals surface area (Å²) in [5.74, 6) is 0. The van der Waals surface area contributed by atoms with Gasteiger partial charge in [0.2, 0.25) is 0 Å². The van der Waals surface area contributed by atoms with Gasteiger partial charge in [-0.15, -0.1) is 0 Å². The third-order valence-electron chi connectivity index (χ3n) is 3.71. The molecule has 0 saturated carbocycles. The molecule has 0 aromatic heterocycles. The molecule has 1 unspecified atom stereocenters. The lowest BCUT2D eigenvalue weighted by atomic mass is 9.89. The summed E-state index contributed by atoms with van der Waals surface area (Å²) in [4.78, 5) is 2.36. The number of benzene rings is 1. The van der Waals surface area contributed by atoms with Crippen LogP contribution in [0, 0.1) is 0 Å². The normalized spacial score (nSPS) is 20.1. The number of hydrogen-bond donors (Lipinski definition) is 2. The van der Waals surface area contributed by atoms with E-state index in [9.17, 15) is 5.11 Å². The van der Waals surface area contributed by atoms with Crippen LogP contribution in [0.5, 0.6) is 0 Å². The quantitative estimate of drug-likeness (QED) is 0.798. The summed E-state index contributed by atoms with van der Waals surface area (Å²) < 4.78 is 5.39. The van der Waals surface area contributed by atoms with Crippen LogP contribution in [0.4, 0.5) is 0 Å². The molecule has 4 nitrogen and oxygen atoms in total. The minimum Gasteiger partial charge on any atom is -0.394 e. The summed E-state index contributed by atoms with van der Waals surface area (Å²) in [6.07, 6.45) is 0. The Kier molecular flexibility index (Phi) is 5.34. The second kappa shape index (κ2) is 7.01. The highest BCUT2D eigenvalue weighted by Crippen LogP contribution is 2.22. The zero-order chi connectivity index (χ0) is 13.6. The Morgan fingerprint density at radius 1 is 1.26 bits per heavy atom. The third kappa shape index (κ3) is 3.54. The first kappa shape index (κ1) is 14.5. The molecule has 0 aliphatic carbocycles. The average molecular weight is 264 g/mol. The minimum atomic E-state index is -0.382. The molecule has 1 heterocycles. The monoisotopic (exact) mass is 264 g/mol. The van der Waals surface area contributed by atoms with Gasteiger partial charge in [0.15, 0.2) is 0 Å². The Hall–Kier alpha value is -0.940. The topological polar surface area (TPSA) is 44.7 Å². The number of nitrogens with one attached hydrogen (secondary N) is 1. The molecular formula is C15H24N2O2. The second-order valence-corrected chi connectivity index (χ2v) is 5.03. The SMILES string of the molecule is CCNC(CO)(CN1CCOCC1)c1ccccc1. The molecule has 1 atom stereocenters. The van der Waals surface area contributed by atoms with Crippen molar-refractivity contribution in [1.82, 2.24) is 10.2 Å².